The highest BCUT2D eigenvalue weighted by Crippen LogP contribution is 2.23. The van der Waals surface area contributed by atoms with Crippen LogP contribution in [0.2, 0.25) is 5.02 Å². The minimum Gasteiger partial charge on any atom is -0.420 e. The molecule has 7 nitrogen and oxygen atoms in total. The van der Waals surface area contributed by atoms with Crippen molar-refractivity contribution in [3.8, 4) is 22.8 Å². The fourth-order valence-electron chi connectivity index (χ4n) is 3.23. The molecular weight excluding hydrogens is 440 g/mol. The summed E-state index contributed by atoms with van der Waals surface area (Å²) in [6.45, 7) is 0. The van der Waals surface area contributed by atoms with Crippen LogP contribution in [0.1, 0.15) is 21.9 Å². The summed E-state index contributed by atoms with van der Waals surface area (Å²) in [5, 5.41) is 15.5. The Morgan fingerprint density at radius 2 is 1.64 bits per heavy atom. The molecule has 0 radical (unpaired) electrons. The predicted molar refractivity (Wildman–Crippen MR) is 124 cm³/mol. The van der Waals surface area contributed by atoms with Crippen LogP contribution in [0.5, 0.6) is 0 Å². The van der Waals surface area contributed by atoms with Crippen LogP contribution in [0, 0.1) is 0 Å². The van der Waals surface area contributed by atoms with Gasteiger partial charge in [0, 0.05) is 27.9 Å². The van der Waals surface area contributed by atoms with Crippen molar-refractivity contribution in [1.82, 2.24) is 15.4 Å². The van der Waals surface area contributed by atoms with Gasteiger partial charge in [-0.3, -0.25) is 4.79 Å². The lowest BCUT2D eigenvalue weighted by molar-refractivity contribution is 0.101. The Labute approximate surface area is 194 Å². The van der Waals surface area contributed by atoms with E-state index in [1.807, 2.05) is 54.6 Å². The quantitative estimate of drug-likeness (QED) is 0.342. The van der Waals surface area contributed by atoms with Gasteiger partial charge in [0.1, 0.15) is 0 Å². The number of halogens is 1. The lowest BCUT2D eigenvalue weighted by atomic mass is 10.1. The fourth-order valence-corrected chi connectivity index (χ4v) is 3.36. The highest BCUT2D eigenvalue weighted by atomic mass is 35.5. The summed E-state index contributed by atoms with van der Waals surface area (Å²) in [5.41, 5.74) is 3.45. The number of aromatic nitrogens is 3. The van der Waals surface area contributed by atoms with Crippen molar-refractivity contribution in [3.05, 3.63) is 107 Å². The van der Waals surface area contributed by atoms with Gasteiger partial charge >= 0.3 is 0 Å². The topological polar surface area (TPSA) is 94.1 Å². The minimum absolute atomic E-state index is 0.184. The predicted octanol–water partition coefficient (Wildman–Crippen LogP) is 5.89. The SMILES string of the molecule is O=C(Nc1ccc(Cc2nnc(-c3ccccc3)o2)cc1)c1cc(-c2ccc(Cl)cc2)on1. The lowest BCUT2D eigenvalue weighted by Gasteiger charge is -2.04. The second kappa shape index (κ2) is 9.10. The average molecular weight is 457 g/mol. The zero-order valence-electron chi connectivity index (χ0n) is 17.2. The van der Waals surface area contributed by atoms with Crippen LogP contribution in [0.4, 0.5) is 5.69 Å². The van der Waals surface area contributed by atoms with E-state index in [9.17, 15) is 4.79 Å². The van der Waals surface area contributed by atoms with Crippen LogP contribution >= 0.6 is 11.6 Å². The smallest absolute Gasteiger partial charge is 0.277 e. The number of hydrogen-bond donors (Lipinski definition) is 1. The monoisotopic (exact) mass is 456 g/mol. The zero-order chi connectivity index (χ0) is 22.6. The number of nitrogens with zero attached hydrogens (tertiary/aromatic N) is 3. The molecule has 33 heavy (non-hydrogen) atoms. The molecule has 8 heteroatoms. The molecule has 0 fully saturated rings. The Bertz CT molecular complexity index is 1380. The summed E-state index contributed by atoms with van der Waals surface area (Å²) in [6, 6.07) is 25.7. The van der Waals surface area contributed by atoms with Crippen LogP contribution in [0.3, 0.4) is 0 Å². The molecule has 0 unspecified atom stereocenters. The summed E-state index contributed by atoms with van der Waals surface area (Å²) in [4.78, 5) is 12.5. The zero-order valence-corrected chi connectivity index (χ0v) is 18.0. The first-order chi connectivity index (χ1) is 16.1. The van der Waals surface area contributed by atoms with Crippen LogP contribution < -0.4 is 5.32 Å². The number of hydrogen-bond acceptors (Lipinski definition) is 6. The standard InChI is InChI=1S/C25H17ClN4O3/c26-19-10-8-17(9-11-19)22-15-21(30-33-22)24(31)27-20-12-6-16(7-13-20)14-23-28-29-25(32-23)18-4-2-1-3-5-18/h1-13,15H,14H2,(H,27,31). The van der Waals surface area contributed by atoms with E-state index in [0.717, 1.165) is 16.7 Å². The first-order valence-corrected chi connectivity index (χ1v) is 10.5. The Morgan fingerprint density at radius 1 is 0.879 bits per heavy atom. The van der Waals surface area contributed by atoms with E-state index in [1.165, 1.54) is 0 Å². The molecule has 5 rings (SSSR count). The normalized spacial score (nSPS) is 10.8. The molecule has 1 N–H and O–H groups in total. The van der Waals surface area contributed by atoms with Gasteiger partial charge in [0.2, 0.25) is 11.8 Å². The molecular formula is C25H17ClN4O3. The maximum absolute atomic E-state index is 12.5. The van der Waals surface area contributed by atoms with Crippen LogP contribution in [0.25, 0.3) is 22.8 Å². The number of rotatable bonds is 6. The van der Waals surface area contributed by atoms with Crippen molar-refractivity contribution in [1.29, 1.82) is 0 Å². The van der Waals surface area contributed by atoms with Gasteiger partial charge in [-0.05, 0) is 54.1 Å². The van der Waals surface area contributed by atoms with Crippen molar-refractivity contribution in [2.75, 3.05) is 5.32 Å². The molecule has 0 atom stereocenters. The van der Waals surface area contributed by atoms with Crippen LogP contribution in [0.15, 0.2) is 93.9 Å². The van der Waals surface area contributed by atoms with E-state index in [0.29, 0.717) is 34.7 Å². The van der Waals surface area contributed by atoms with Gasteiger partial charge in [-0.2, -0.15) is 0 Å². The van der Waals surface area contributed by atoms with Crippen LogP contribution in [-0.4, -0.2) is 21.3 Å². The summed E-state index contributed by atoms with van der Waals surface area (Å²) in [6.07, 6.45) is 0.488. The number of carbonyl (C=O) groups excluding carboxylic acids is 1. The fraction of sp³-hybridized carbons (Fsp3) is 0.0400. The molecule has 3 aromatic carbocycles. The number of anilines is 1. The van der Waals surface area contributed by atoms with Gasteiger partial charge in [0.25, 0.3) is 5.91 Å². The van der Waals surface area contributed by atoms with Crippen molar-refractivity contribution in [2.24, 2.45) is 0 Å². The first-order valence-electron chi connectivity index (χ1n) is 10.1. The van der Waals surface area contributed by atoms with Gasteiger partial charge in [0.15, 0.2) is 11.5 Å². The summed E-state index contributed by atoms with van der Waals surface area (Å²) in [5.74, 6) is 1.13. The Hall–Kier alpha value is -4.23. The number of amides is 1. The first kappa shape index (κ1) is 20.7. The molecule has 1 amide bonds. The summed E-state index contributed by atoms with van der Waals surface area (Å²) in [7, 11) is 0. The van der Waals surface area contributed by atoms with Gasteiger partial charge in [-0.25, -0.2) is 0 Å². The van der Waals surface area contributed by atoms with Gasteiger partial charge in [0.05, 0.1) is 6.42 Å². The number of carbonyl (C=O) groups is 1. The maximum atomic E-state index is 12.5. The third kappa shape index (κ3) is 4.83. The lowest BCUT2D eigenvalue weighted by Crippen LogP contribution is -2.12. The summed E-state index contributed by atoms with van der Waals surface area (Å²) < 4.78 is 11.0. The molecule has 2 heterocycles. The van der Waals surface area contributed by atoms with E-state index >= 15 is 0 Å². The van der Waals surface area contributed by atoms with Gasteiger partial charge in [-0.15, -0.1) is 10.2 Å². The second-order valence-electron chi connectivity index (χ2n) is 7.28. The van der Waals surface area contributed by atoms with E-state index in [4.69, 9.17) is 20.5 Å². The van der Waals surface area contributed by atoms with Crippen molar-refractivity contribution in [3.63, 3.8) is 0 Å². The molecule has 0 spiro atoms. The molecule has 2 aromatic heterocycles. The van der Waals surface area contributed by atoms with Gasteiger partial charge in [-0.1, -0.05) is 47.1 Å². The molecule has 5 aromatic rings. The molecule has 0 aliphatic rings. The Morgan fingerprint density at radius 3 is 2.39 bits per heavy atom. The molecule has 0 bridgehead atoms. The molecule has 0 aliphatic heterocycles. The van der Waals surface area contributed by atoms with E-state index in [-0.39, 0.29) is 11.6 Å². The molecule has 0 saturated heterocycles. The Kier molecular flexibility index (Phi) is 5.70. The maximum Gasteiger partial charge on any atom is 0.277 e. The van der Waals surface area contributed by atoms with Crippen molar-refractivity contribution >= 4 is 23.2 Å². The second-order valence-corrected chi connectivity index (χ2v) is 7.71. The molecule has 0 aliphatic carbocycles. The third-order valence-corrected chi connectivity index (χ3v) is 5.18. The average Bonchev–Trinajstić information content (AvgIpc) is 3.52. The minimum atomic E-state index is -0.365. The van der Waals surface area contributed by atoms with Gasteiger partial charge < -0.3 is 14.3 Å². The summed E-state index contributed by atoms with van der Waals surface area (Å²) >= 11 is 5.91. The van der Waals surface area contributed by atoms with E-state index in [2.05, 4.69) is 20.7 Å². The highest BCUT2D eigenvalue weighted by Gasteiger charge is 2.14. The van der Waals surface area contributed by atoms with E-state index in [1.54, 1.807) is 30.3 Å². The largest absolute Gasteiger partial charge is 0.420 e. The number of benzene rings is 3. The Balaban J connectivity index is 1.22. The molecule has 0 saturated carbocycles. The van der Waals surface area contributed by atoms with Crippen molar-refractivity contribution < 1.29 is 13.7 Å². The highest BCUT2D eigenvalue weighted by molar-refractivity contribution is 6.30. The third-order valence-electron chi connectivity index (χ3n) is 4.93. The van der Waals surface area contributed by atoms with E-state index < -0.39 is 0 Å². The molecule has 162 valence electrons. The van der Waals surface area contributed by atoms with Crippen LogP contribution in [-0.2, 0) is 6.42 Å². The number of nitrogens with one attached hydrogen (secondary N) is 1. The van der Waals surface area contributed by atoms with Crippen molar-refractivity contribution in [2.45, 2.75) is 6.42 Å².